The highest BCUT2D eigenvalue weighted by atomic mass is 35.5. The van der Waals surface area contributed by atoms with Crippen molar-refractivity contribution in [2.24, 2.45) is 0 Å². The minimum absolute atomic E-state index is 0.574. The highest BCUT2D eigenvalue weighted by molar-refractivity contribution is 6.31. The van der Waals surface area contributed by atoms with E-state index in [0.29, 0.717) is 32.7 Å². The standard InChI is InChI=1S/C28H20Cl2N4O/c1-17-32-16-26(33-17)28(35,19-5-8-21(29)9-6-19)20-7-10-25-24(14-20)23(15-27-31-11-12-34(25)27)18-3-2-4-22(30)13-18/h2-16,35H,1H3,(H,32,33). The fourth-order valence-electron chi connectivity index (χ4n) is 4.69. The van der Waals surface area contributed by atoms with Gasteiger partial charge in [0, 0.05) is 27.8 Å². The molecular formula is C28H20Cl2N4O. The number of benzene rings is 3. The summed E-state index contributed by atoms with van der Waals surface area (Å²) in [5, 5.41) is 14.5. The number of fused-ring (bicyclic) bond motifs is 3. The molecule has 6 rings (SSSR count). The molecule has 0 aliphatic rings. The van der Waals surface area contributed by atoms with Crippen molar-refractivity contribution in [1.82, 2.24) is 19.4 Å². The maximum absolute atomic E-state index is 12.3. The molecule has 3 aromatic heterocycles. The quantitative estimate of drug-likeness (QED) is 0.281. The summed E-state index contributed by atoms with van der Waals surface area (Å²) in [6.07, 6.45) is 5.38. The number of H-pyrrole nitrogens is 1. The van der Waals surface area contributed by atoms with Crippen LogP contribution in [0.15, 0.2) is 91.4 Å². The summed E-state index contributed by atoms with van der Waals surface area (Å²) in [7, 11) is 0. The van der Waals surface area contributed by atoms with E-state index in [0.717, 1.165) is 27.7 Å². The maximum atomic E-state index is 12.3. The van der Waals surface area contributed by atoms with Gasteiger partial charge in [-0.2, -0.15) is 0 Å². The van der Waals surface area contributed by atoms with Crippen molar-refractivity contribution < 1.29 is 5.11 Å². The van der Waals surface area contributed by atoms with Crippen LogP contribution in [0, 0.1) is 6.92 Å². The van der Waals surface area contributed by atoms with E-state index in [4.69, 9.17) is 23.2 Å². The summed E-state index contributed by atoms with van der Waals surface area (Å²) >= 11 is 12.5. The van der Waals surface area contributed by atoms with E-state index in [1.165, 1.54) is 0 Å². The Hall–Kier alpha value is -3.64. The lowest BCUT2D eigenvalue weighted by atomic mass is 9.82. The number of pyridine rings is 1. The van der Waals surface area contributed by atoms with Crippen LogP contribution < -0.4 is 0 Å². The predicted octanol–water partition coefficient (Wildman–Crippen LogP) is 6.78. The molecule has 7 heteroatoms. The minimum Gasteiger partial charge on any atom is -0.374 e. The molecule has 0 spiro atoms. The second kappa shape index (κ2) is 8.24. The van der Waals surface area contributed by atoms with Gasteiger partial charge in [-0.3, -0.25) is 4.40 Å². The Morgan fingerprint density at radius 1 is 0.886 bits per heavy atom. The van der Waals surface area contributed by atoms with E-state index in [2.05, 4.69) is 15.0 Å². The Morgan fingerprint density at radius 3 is 2.43 bits per heavy atom. The summed E-state index contributed by atoms with van der Waals surface area (Å²) < 4.78 is 2.04. The molecule has 0 bridgehead atoms. The largest absolute Gasteiger partial charge is 0.374 e. The molecule has 5 nitrogen and oxygen atoms in total. The number of imidazole rings is 2. The molecule has 0 aliphatic heterocycles. The Labute approximate surface area is 211 Å². The van der Waals surface area contributed by atoms with Gasteiger partial charge in [0.25, 0.3) is 0 Å². The summed E-state index contributed by atoms with van der Waals surface area (Å²) in [5.74, 6) is 0.716. The summed E-state index contributed by atoms with van der Waals surface area (Å²) in [5.41, 5.74) is 4.21. The molecule has 0 amide bonds. The molecule has 3 heterocycles. The van der Waals surface area contributed by atoms with Gasteiger partial charge in [0.15, 0.2) is 5.60 Å². The van der Waals surface area contributed by atoms with Crippen LogP contribution in [0.1, 0.15) is 22.6 Å². The Kier molecular flexibility index (Phi) is 5.15. The van der Waals surface area contributed by atoms with Gasteiger partial charge < -0.3 is 10.1 Å². The zero-order valence-electron chi connectivity index (χ0n) is 18.7. The molecular weight excluding hydrogens is 479 g/mol. The predicted molar refractivity (Wildman–Crippen MR) is 140 cm³/mol. The fraction of sp³-hybridized carbons (Fsp3) is 0.0714. The molecule has 172 valence electrons. The van der Waals surface area contributed by atoms with Crippen LogP contribution in [0.2, 0.25) is 10.0 Å². The summed E-state index contributed by atoms with van der Waals surface area (Å²) in [4.78, 5) is 12.1. The van der Waals surface area contributed by atoms with Crippen LogP contribution in [-0.4, -0.2) is 24.5 Å². The number of rotatable bonds is 4. The van der Waals surface area contributed by atoms with Crippen molar-refractivity contribution in [3.05, 3.63) is 124 Å². The number of hydrogen-bond donors (Lipinski definition) is 2. The third-order valence-electron chi connectivity index (χ3n) is 6.40. The van der Waals surface area contributed by atoms with Gasteiger partial charge in [0.1, 0.15) is 11.5 Å². The molecule has 3 aromatic carbocycles. The van der Waals surface area contributed by atoms with Crippen LogP contribution in [0.4, 0.5) is 0 Å². The summed E-state index contributed by atoms with van der Waals surface area (Å²) in [6.45, 7) is 1.86. The third kappa shape index (κ3) is 3.60. The third-order valence-corrected chi connectivity index (χ3v) is 6.88. The molecule has 35 heavy (non-hydrogen) atoms. The molecule has 0 radical (unpaired) electrons. The van der Waals surface area contributed by atoms with Crippen molar-refractivity contribution in [3.63, 3.8) is 0 Å². The minimum atomic E-state index is -1.48. The Morgan fingerprint density at radius 2 is 1.69 bits per heavy atom. The fourth-order valence-corrected chi connectivity index (χ4v) is 5.00. The number of nitrogens with one attached hydrogen (secondary N) is 1. The molecule has 0 saturated heterocycles. The van der Waals surface area contributed by atoms with Gasteiger partial charge >= 0.3 is 0 Å². The summed E-state index contributed by atoms with van der Waals surface area (Å²) in [6, 6.07) is 23.0. The number of hydrogen-bond acceptors (Lipinski definition) is 3. The highest BCUT2D eigenvalue weighted by Crippen LogP contribution is 2.40. The monoisotopic (exact) mass is 498 g/mol. The number of aryl methyl sites for hydroxylation is 1. The number of aliphatic hydroxyl groups is 1. The number of halogens is 2. The smallest absolute Gasteiger partial charge is 0.156 e. The van der Waals surface area contributed by atoms with Crippen molar-refractivity contribution in [3.8, 4) is 11.1 Å². The molecule has 6 aromatic rings. The van der Waals surface area contributed by atoms with Gasteiger partial charge in [-0.15, -0.1) is 0 Å². The van der Waals surface area contributed by atoms with Crippen molar-refractivity contribution in [2.75, 3.05) is 0 Å². The van der Waals surface area contributed by atoms with E-state index in [9.17, 15) is 5.11 Å². The second-order valence-corrected chi connectivity index (χ2v) is 9.43. The second-order valence-electron chi connectivity index (χ2n) is 8.56. The first kappa shape index (κ1) is 21.9. The number of nitrogens with zero attached hydrogens (tertiary/aromatic N) is 3. The van der Waals surface area contributed by atoms with E-state index in [-0.39, 0.29) is 0 Å². The molecule has 0 fully saturated rings. The molecule has 0 aliphatic carbocycles. The highest BCUT2D eigenvalue weighted by Gasteiger charge is 2.36. The first-order valence-corrected chi connectivity index (χ1v) is 11.9. The Bertz CT molecular complexity index is 1700. The molecule has 1 atom stereocenters. The average molecular weight is 499 g/mol. The average Bonchev–Trinajstić information content (AvgIpc) is 3.52. The lowest BCUT2D eigenvalue weighted by Crippen LogP contribution is -2.29. The lowest BCUT2D eigenvalue weighted by Gasteiger charge is -2.29. The Balaban J connectivity index is 1.67. The topological polar surface area (TPSA) is 66.2 Å². The molecule has 0 saturated carbocycles. The molecule has 2 N–H and O–H groups in total. The van der Waals surface area contributed by atoms with Crippen molar-refractivity contribution in [2.45, 2.75) is 12.5 Å². The van der Waals surface area contributed by atoms with Crippen LogP contribution in [0.25, 0.3) is 27.7 Å². The lowest BCUT2D eigenvalue weighted by molar-refractivity contribution is 0.121. The van der Waals surface area contributed by atoms with Gasteiger partial charge in [-0.05, 0) is 71.6 Å². The van der Waals surface area contributed by atoms with E-state index in [1.54, 1.807) is 24.5 Å². The van der Waals surface area contributed by atoms with E-state index >= 15 is 0 Å². The maximum Gasteiger partial charge on any atom is 0.156 e. The van der Waals surface area contributed by atoms with E-state index in [1.807, 2.05) is 78.2 Å². The SMILES string of the molecule is Cc1ncc(C(O)(c2ccc(Cl)cc2)c2ccc3c(c2)c(-c2cccc(Cl)c2)cc2nccn23)[nH]1. The number of aromatic amines is 1. The van der Waals surface area contributed by atoms with Crippen molar-refractivity contribution >= 4 is 39.8 Å². The zero-order chi connectivity index (χ0) is 24.2. The van der Waals surface area contributed by atoms with Crippen LogP contribution >= 0.6 is 23.2 Å². The number of aromatic nitrogens is 4. The van der Waals surface area contributed by atoms with Crippen LogP contribution in [0.3, 0.4) is 0 Å². The van der Waals surface area contributed by atoms with Crippen LogP contribution in [0.5, 0.6) is 0 Å². The first-order valence-electron chi connectivity index (χ1n) is 11.1. The van der Waals surface area contributed by atoms with Crippen molar-refractivity contribution in [1.29, 1.82) is 0 Å². The van der Waals surface area contributed by atoms with Gasteiger partial charge in [0.2, 0.25) is 0 Å². The van der Waals surface area contributed by atoms with E-state index < -0.39 is 5.60 Å². The van der Waals surface area contributed by atoms with Gasteiger partial charge in [-0.1, -0.05) is 53.5 Å². The first-order chi connectivity index (χ1) is 16.9. The van der Waals surface area contributed by atoms with Gasteiger partial charge in [0.05, 0.1) is 17.4 Å². The van der Waals surface area contributed by atoms with Gasteiger partial charge in [-0.25, -0.2) is 9.97 Å². The zero-order valence-corrected chi connectivity index (χ0v) is 20.2. The van der Waals surface area contributed by atoms with Crippen LogP contribution in [-0.2, 0) is 5.60 Å². The normalized spacial score (nSPS) is 13.4. The molecule has 1 unspecified atom stereocenters.